The minimum atomic E-state index is -2.24. The minimum absolute atomic E-state index is 0.0919. The number of rotatable bonds is 12. The van der Waals surface area contributed by atoms with Gasteiger partial charge in [0, 0.05) is 17.6 Å². The van der Waals surface area contributed by atoms with Crippen molar-refractivity contribution in [1.82, 2.24) is 14.5 Å². The fourth-order valence-electron chi connectivity index (χ4n) is 5.69. The third-order valence-corrected chi connectivity index (χ3v) is 14.9. The summed E-state index contributed by atoms with van der Waals surface area (Å²) in [6.07, 6.45) is 11.0. The molecule has 0 aliphatic heterocycles. The SMILES string of the molecule is C=CC(C)NC(=O)c1cnc2c(ccn2[Si](C(C)C)(C(C)C(C)C=C)C(CC)C(C)C=C)c1. The molecule has 0 bridgehead atoms. The molecule has 0 radical (unpaired) electrons. The van der Waals surface area contributed by atoms with Crippen LogP contribution in [0.1, 0.15) is 65.2 Å². The summed E-state index contributed by atoms with van der Waals surface area (Å²) in [5.41, 5.74) is 2.99. The van der Waals surface area contributed by atoms with Crippen molar-refractivity contribution >= 4 is 25.2 Å². The molecule has 1 amide bonds. The van der Waals surface area contributed by atoms with Crippen LogP contribution in [0.25, 0.3) is 11.0 Å². The first-order valence-corrected chi connectivity index (χ1v) is 14.4. The largest absolute Gasteiger partial charge is 0.358 e. The molecule has 0 aliphatic rings. The van der Waals surface area contributed by atoms with Crippen LogP contribution in [0.15, 0.2) is 62.5 Å². The van der Waals surface area contributed by atoms with Gasteiger partial charge in [0.25, 0.3) is 5.91 Å². The smallest absolute Gasteiger partial charge is 0.253 e. The molecule has 0 aliphatic carbocycles. The van der Waals surface area contributed by atoms with Crippen LogP contribution in [0.4, 0.5) is 0 Å². The van der Waals surface area contributed by atoms with Crippen molar-refractivity contribution in [2.24, 2.45) is 11.8 Å². The summed E-state index contributed by atoms with van der Waals surface area (Å²) in [5, 5.41) is 3.94. The third-order valence-electron chi connectivity index (χ3n) is 7.77. The standard InChI is InChI=1S/C28H43N3OSi/c1-11-20(7)23(10)33(19(5)6,26(14-4)21(8)12-2)31-16-15-24-17-25(18-29-27(24)31)28(32)30-22(9)13-3/h11-13,15-23,26H,1-3,14H2,4-10H3,(H,30,32). The topological polar surface area (TPSA) is 46.9 Å². The predicted octanol–water partition coefficient (Wildman–Crippen LogP) is 7.36. The molecule has 0 spiro atoms. The van der Waals surface area contributed by atoms with E-state index in [0.29, 0.717) is 34.0 Å². The lowest BCUT2D eigenvalue weighted by molar-refractivity contribution is 0.0947. The third kappa shape index (κ3) is 4.93. The first kappa shape index (κ1) is 26.8. The van der Waals surface area contributed by atoms with E-state index in [-0.39, 0.29) is 11.9 Å². The highest BCUT2D eigenvalue weighted by Crippen LogP contribution is 2.51. The Bertz CT molecular complexity index is 994. The minimum Gasteiger partial charge on any atom is -0.358 e. The summed E-state index contributed by atoms with van der Waals surface area (Å²) >= 11 is 0. The zero-order chi connectivity index (χ0) is 24.9. The van der Waals surface area contributed by atoms with Gasteiger partial charge >= 0.3 is 0 Å². The average Bonchev–Trinajstić information content (AvgIpc) is 3.23. The van der Waals surface area contributed by atoms with Crippen LogP contribution in [-0.4, -0.2) is 29.4 Å². The van der Waals surface area contributed by atoms with Gasteiger partial charge in [-0.05, 0) is 53.7 Å². The van der Waals surface area contributed by atoms with Gasteiger partial charge in [0.15, 0.2) is 8.24 Å². The molecule has 2 aromatic rings. The van der Waals surface area contributed by atoms with Crippen molar-refractivity contribution in [1.29, 1.82) is 0 Å². The van der Waals surface area contributed by atoms with E-state index >= 15 is 0 Å². The molecule has 33 heavy (non-hydrogen) atoms. The highest BCUT2D eigenvalue weighted by Gasteiger charge is 2.52. The monoisotopic (exact) mass is 465 g/mol. The molecule has 0 fully saturated rings. The number of amides is 1. The summed E-state index contributed by atoms with van der Waals surface area (Å²) in [4.78, 5) is 17.5. The molecule has 5 heteroatoms. The van der Waals surface area contributed by atoms with E-state index in [1.807, 2.05) is 13.0 Å². The normalized spacial score (nSPS) is 18.1. The number of nitrogens with one attached hydrogen (secondary N) is 1. The molecule has 4 nitrogen and oxygen atoms in total. The Morgan fingerprint density at radius 3 is 2.24 bits per heavy atom. The average molecular weight is 466 g/mol. The highest BCUT2D eigenvalue weighted by molar-refractivity contribution is 6.83. The number of carbonyl (C=O) groups excluding carboxylic acids is 1. The van der Waals surface area contributed by atoms with Crippen LogP contribution in [0, 0.1) is 11.8 Å². The van der Waals surface area contributed by atoms with Gasteiger partial charge in [0.05, 0.1) is 5.56 Å². The van der Waals surface area contributed by atoms with Gasteiger partial charge in [-0.25, -0.2) is 4.98 Å². The van der Waals surface area contributed by atoms with Crippen molar-refractivity contribution in [3.8, 4) is 0 Å². The fraction of sp³-hybridized carbons (Fsp3) is 0.500. The Labute approximate surface area is 202 Å². The van der Waals surface area contributed by atoms with Crippen LogP contribution in [-0.2, 0) is 0 Å². The Hall–Kier alpha value is -2.40. The second-order valence-corrected chi connectivity index (χ2v) is 14.9. The van der Waals surface area contributed by atoms with Crippen LogP contribution >= 0.6 is 0 Å². The van der Waals surface area contributed by atoms with Crippen molar-refractivity contribution in [3.05, 3.63) is 68.1 Å². The fourth-order valence-corrected chi connectivity index (χ4v) is 13.1. The van der Waals surface area contributed by atoms with Gasteiger partial charge in [-0.1, -0.05) is 66.2 Å². The number of aromatic nitrogens is 2. The van der Waals surface area contributed by atoms with Gasteiger partial charge in [-0.2, -0.15) is 0 Å². The summed E-state index contributed by atoms with van der Waals surface area (Å²) in [5.74, 6) is 0.650. The van der Waals surface area contributed by atoms with Crippen molar-refractivity contribution in [2.45, 2.75) is 77.6 Å². The van der Waals surface area contributed by atoms with E-state index < -0.39 is 8.24 Å². The summed E-state index contributed by atoms with van der Waals surface area (Å²) in [7, 11) is -2.24. The molecular formula is C28H43N3OSi. The Morgan fingerprint density at radius 1 is 1.09 bits per heavy atom. The molecule has 2 heterocycles. The number of nitrogens with zero attached hydrogens (tertiary/aromatic N) is 2. The Morgan fingerprint density at radius 2 is 1.73 bits per heavy atom. The highest BCUT2D eigenvalue weighted by atomic mass is 28.3. The van der Waals surface area contributed by atoms with E-state index in [0.717, 1.165) is 17.5 Å². The molecule has 0 saturated heterocycles. The maximum absolute atomic E-state index is 12.7. The van der Waals surface area contributed by atoms with Gasteiger partial charge in [-0.15, -0.1) is 19.7 Å². The molecule has 6 atom stereocenters. The number of hydrogen-bond donors (Lipinski definition) is 1. The number of pyridine rings is 1. The van der Waals surface area contributed by atoms with Crippen LogP contribution in [0.2, 0.25) is 16.6 Å². The van der Waals surface area contributed by atoms with Gasteiger partial charge in [0.1, 0.15) is 5.65 Å². The Balaban J connectivity index is 2.76. The maximum Gasteiger partial charge on any atom is 0.253 e. The lowest BCUT2D eigenvalue weighted by Gasteiger charge is -2.50. The van der Waals surface area contributed by atoms with E-state index in [4.69, 9.17) is 4.98 Å². The molecule has 1 N–H and O–H groups in total. The number of hydrogen-bond acceptors (Lipinski definition) is 2. The van der Waals surface area contributed by atoms with Crippen molar-refractivity contribution in [3.63, 3.8) is 0 Å². The Kier molecular flexibility index (Phi) is 9.07. The van der Waals surface area contributed by atoms with Gasteiger partial charge in [-0.3, -0.25) is 4.79 Å². The molecule has 6 unspecified atom stereocenters. The second kappa shape index (κ2) is 11.1. The summed E-state index contributed by atoms with van der Waals surface area (Å²) in [6.45, 7) is 28.0. The number of allylic oxidation sites excluding steroid dienone is 2. The molecule has 0 aromatic carbocycles. The maximum atomic E-state index is 12.7. The lowest BCUT2D eigenvalue weighted by atomic mass is 10.1. The van der Waals surface area contributed by atoms with E-state index in [1.54, 1.807) is 12.3 Å². The molecular weight excluding hydrogens is 422 g/mol. The quantitative estimate of drug-likeness (QED) is 0.263. The molecule has 2 rings (SSSR count). The van der Waals surface area contributed by atoms with E-state index in [2.05, 4.69) is 95.2 Å². The lowest BCUT2D eigenvalue weighted by Crippen LogP contribution is -2.56. The summed E-state index contributed by atoms with van der Waals surface area (Å²) < 4.78 is 2.53. The second-order valence-electron chi connectivity index (χ2n) is 9.86. The molecule has 2 aromatic heterocycles. The summed E-state index contributed by atoms with van der Waals surface area (Å²) in [6, 6.07) is 3.99. The zero-order valence-electron chi connectivity index (χ0n) is 21.6. The van der Waals surface area contributed by atoms with Crippen LogP contribution < -0.4 is 5.32 Å². The van der Waals surface area contributed by atoms with E-state index in [9.17, 15) is 4.79 Å². The first-order valence-electron chi connectivity index (χ1n) is 12.3. The van der Waals surface area contributed by atoms with E-state index in [1.165, 1.54) is 0 Å². The van der Waals surface area contributed by atoms with Gasteiger partial charge < -0.3 is 9.55 Å². The zero-order valence-corrected chi connectivity index (χ0v) is 22.6. The van der Waals surface area contributed by atoms with Crippen molar-refractivity contribution in [2.75, 3.05) is 0 Å². The van der Waals surface area contributed by atoms with Crippen molar-refractivity contribution < 1.29 is 4.79 Å². The van der Waals surface area contributed by atoms with Crippen LogP contribution in [0.5, 0.6) is 0 Å². The predicted molar refractivity (Wildman–Crippen MR) is 145 cm³/mol. The number of fused-ring (bicyclic) bond motifs is 1. The molecule has 180 valence electrons. The first-order chi connectivity index (χ1) is 15.6. The number of carbonyl (C=O) groups is 1. The molecule has 0 saturated carbocycles. The van der Waals surface area contributed by atoms with Crippen LogP contribution in [0.3, 0.4) is 0 Å². The van der Waals surface area contributed by atoms with Gasteiger partial charge in [0.2, 0.25) is 0 Å².